The number of aromatic nitrogens is 7. The minimum absolute atomic E-state index is 0.109. The molecule has 0 aliphatic rings. The van der Waals surface area contributed by atoms with Gasteiger partial charge in [0.2, 0.25) is 0 Å². The standard InChI is InChI=1S/C28H23N9O/c1-18(33-28(38)23-25(29)31-17-36-14-13-30-27(23)36)26-34-22-10-6-7-20(12-11-19-15-32-35(2)16-19)24(22)37(26)21-8-4-3-5-9-21/h3-10,13-18H,29H2,1-2H3,(H,33,38). The Balaban J connectivity index is 1.46. The largest absolute Gasteiger partial charge is 0.383 e. The Morgan fingerprint density at radius 3 is 2.71 bits per heavy atom. The summed E-state index contributed by atoms with van der Waals surface area (Å²) < 4.78 is 5.40. The highest BCUT2D eigenvalue weighted by atomic mass is 16.1. The molecule has 10 nitrogen and oxygen atoms in total. The number of nitrogens with one attached hydrogen (secondary N) is 1. The van der Waals surface area contributed by atoms with Crippen LogP contribution < -0.4 is 11.1 Å². The Hall–Kier alpha value is -5.43. The Kier molecular flexibility index (Phi) is 5.58. The number of carbonyl (C=O) groups excluding carboxylic acids is 1. The van der Waals surface area contributed by atoms with Crippen molar-refractivity contribution < 1.29 is 4.79 Å². The number of para-hydroxylation sites is 2. The summed E-state index contributed by atoms with van der Waals surface area (Å²) in [7, 11) is 1.86. The summed E-state index contributed by atoms with van der Waals surface area (Å²) in [5.74, 6) is 6.85. The Labute approximate surface area is 217 Å². The first-order chi connectivity index (χ1) is 18.5. The van der Waals surface area contributed by atoms with Crippen molar-refractivity contribution in [2.45, 2.75) is 13.0 Å². The number of imidazole rings is 2. The fraction of sp³-hybridized carbons (Fsp3) is 0.107. The Bertz CT molecular complexity index is 1870. The fourth-order valence-electron chi connectivity index (χ4n) is 4.45. The lowest BCUT2D eigenvalue weighted by Crippen LogP contribution is -2.30. The van der Waals surface area contributed by atoms with Crippen LogP contribution in [-0.2, 0) is 7.05 Å². The molecule has 0 radical (unpaired) electrons. The van der Waals surface area contributed by atoms with Crippen LogP contribution in [0.5, 0.6) is 0 Å². The number of hydrogen-bond acceptors (Lipinski definition) is 6. The van der Waals surface area contributed by atoms with Crippen molar-refractivity contribution in [2.75, 3.05) is 5.73 Å². The van der Waals surface area contributed by atoms with Gasteiger partial charge < -0.3 is 11.1 Å². The van der Waals surface area contributed by atoms with E-state index in [0.29, 0.717) is 11.5 Å². The van der Waals surface area contributed by atoms with Crippen molar-refractivity contribution in [1.29, 1.82) is 0 Å². The number of aryl methyl sites for hydroxylation is 1. The number of amides is 1. The van der Waals surface area contributed by atoms with E-state index in [0.717, 1.165) is 27.8 Å². The third kappa shape index (κ3) is 4.02. The maximum atomic E-state index is 13.4. The summed E-state index contributed by atoms with van der Waals surface area (Å²) in [5.41, 5.74) is 10.9. The molecule has 0 bridgehead atoms. The first-order valence-corrected chi connectivity index (χ1v) is 11.9. The Morgan fingerprint density at radius 2 is 1.92 bits per heavy atom. The van der Waals surface area contributed by atoms with E-state index in [-0.39, 0.29) is 17.3 Å². The molecule has 38 heavy (non-hydrogen) atoms. The summed E-state index contributed by atoms with van der Waals surface area (Å²) in [6, 6.07) is 15.2. The number of nitrogen functional groups attached to an aromatic ring is 1. The number of nitrogens with two attached hydrogens (primary N) is 1. The van der Waals surface area contributed by atoms with Gasteiger partial charge in [-0.15, -0.1) is 0 Å². The average molecular weight is 502 g/mol. The number of carbonyl (C=O) groups is 1. The molecule has 1 amide bonds. The zero-order chi connectivity index (χ0) is 26.2. The quantitative estimate of drug-likeness (QED) is 0.358. The molecule has 2 aromatic carbocycles. The van der Waals surface area contributed by atoms with Crippen LogP contribution in [-0.4, -0.2) is 39.6 Å². The second-order valence-electron chi connectivity index (χ2n) is 8.83. The first-order valence-electron chi connectivity index (χ1n) is 11.9. The van der Waals surface area contributed by atoms with Crippen molar-refractivity contribution in [2.24, 2.45) is 7.05 Å². The number of nitrogens with zero attached hydrogens (tertiary/aromatic N) is 7. The number of benzene rings is 2. The average Bonchev–Trinajstić information content (AvgIpc) is 3.66. The van der Waals surface area contributed by atoms with E-state index in [1.165, 1.54) is 6.33 Å². The van der Waals surface area contributed by atoms with Crippen LogP contribution in [0.15, 0.2) is 79.6 Å². The third-order valence-electron chi connectivity index (χ3n) is 6.19. The highest BCUT2D eigenvalue weighted by Crippen LogP contribution is 2.28. The minimum atomic E-state index is -0.483. The van der Waals surface area contributed by atoms with E-state index in [1.54, 1.807) is 27.7 Å². The first kappa shape index (κ1) is 23.0. The van der Waals surface area contributed by atoms with Crippen LogP contribution >= 0.6 is 0 Å². The molecule has 10 heteroatoms. The van der Waals surface area contributed by atoms with Crippen LogP contribution in [0.25, 0.3) is 22.4 Å². The highest BCUT2D eigenvalue weighted by molar-refractivity contribution is 6.04. The lowest BCUT2D eigenvalue weighted by molar-refractivity contribution is 0.0940. The molecular formula is C28H23N9O. The molecule has 6 rings (SSSR count). The van der Waals surface area contributed by atoms with Gasteiger partial charge >= 0.3 is 0 Å². The van der Waals surface area contributed by atoms with E-state index in [2.05, 4.69) is 32.2 Å². The summed E-state index contributed by atoms with van der Waals surface area (Å²) >= 11 is 0. The molecule has 4 aromatic heterocycles. The summed E-state index contributed by atoms with van der Waals surface area (Å²) in [5, 5.41) is 7.24. The highest BCUT2D eigenvalue weighted by Gasteiger charge is 2.24. The fourth-order valence-corrected chi connectivity index (χ4v) is 4.45. The van der Waals surface area contributed by atoms with Crippen LogP contribution in [0.1, 0.15) is 40.3 Å². The number of hydrogen-bond donors (Lipinski definition) is 2. The molecular weight excluding hydrogens is 478 g/mol. The molecule has 6 aromatic rings. The minimum Gasteiger partial charge on any atom is -0.383 e. The van der Waals surface area contributed by atoms with Gasteiger partial charge in [-0.1, -0.05) is 36.1 Å². The predicted octanol–water partition coefficient (Wildman–Crippen LogP) is 3.27. The summed E-state index contributed by atoms with van der Waals surface area (Å²) in [4.78, 5) is 26.7. The molecule has 1 unspecified atom stereocenters. The number of fused-ring (bicyclic) bond motifs is 2. The van der Waals surface area contributed by atoms with Gasteiger partial charge in [-0.2, -0.15) is 5.10 Å². The number of anilines is 1. The van der Waals surface area contributed by atoms with E-state index >= 15 is 0 Å². The lowest BCUT2D eigenvalue weighted by Gasteiger charge is -2.17. The van der Waals surface area contributed by atoms with Crippen molar-refractivity contribution in [3.8, 4) is 17.5 Å². The van der Waals surface area contributed by atoms with E-state index in [9.17, 15) is 4.79 Å². The maximum absolute atomic E-state index is 13.4. The normalized spacial score (nSPS) is 11.8. The smallest absolute Gasteiger partial charge is 0.259 e. The van der Waals surface area contributed by atoms with Gasteiger partial charge in [0, 0.05) is 31.3 Å². The van der Waals surface area contributed by atoms with Gasteiger partial charge in [-0.05, 0) is 31.2 Å². The van der Waals surface area contributed by atoms with Crippen LogP contribution in [0.3, 0.4) is 0 Å². The third-order valence-corrected chi connectivity index (χ3v) is 6.19. The molecule has 1 atom stereocenters. The van der Waals surface area contributed by atoms with Crippen molar-refractivity contribution in [1.82, 2.24) is 39.0 Å². The lowest BCUT2D eigenvalue weighted by atomic mass is 10.1. The van der Waals surface area contributed by atoms with Crippen molar-refractivity contribution >= 4 is 28.4 Å². The van der Waals surface area contributed by atoms with Gasteiger partial charge in [0.25, 0.3) is 5.91 Å². The molecule has 186 valence electrons. The van der Waals surface area contributed by atoms with Crippen molar-refractivity contribution in [3.05, 3.63) is 102 Å². The number of rotatable bonds is 4. The maximum Gasteiger partial charge on any atom is 0.259 e. The second kappa shape index (κ2) is 9.22. The van der Waals surface area contributed by atoms with Gasteiger partial charge in [0.1, 0.15) is 23.5 Å². The predicted molar refractivity (Wildman–Crippen MR) is 144 cm³/mol. The molecule has 0 fully saturated rings. The molecule has 0 saturated carbocycles. The Morgan fingerprint density at radius 1 is 1.08 bits per heavy atom. The topological polar surface area (TPSA) is 121 Å². The molecule has 4 heterocycles. The van der Waals surface area contributed by atoms with Gasteiger partial charge in [-0.3, -0.25) is 18.4 Å². The van der Waals surface area contributed by atoms with Gasteiger partial charge in [-0.25, -0.2) is 15.0 Å². The summed E-state index contributed by atoms with van der Waals surface area (Å²) in [6.45, 7) is 1.88. The van der Waals surface area contributed by atoms with Crippen LogP contribution in [0.4, 0.5) is 5.82 Å². The van der Waals surface area contributed by atoms with Gasteiger partial charge in [0.05, 0.1) is 34.4 Å². The SMILES string of the molecule is CC(NC(=O)c1c(N)ncn2ccnc12)c1nc2cccc(C#Cc3cnn(C)c3)c2n1-c1ccccc1. The van der Waals surface area contributed by atoms with Gasteiger partial charge in [0.15, 0.2) is 5.65 Å². The molecule has 0 spiro atoms. The molecule has 0 saturated heterocycles. The molecule has 0 aliphatic heterocycles. The van der Waals surface area contributed by atoms with Crippen molar-refractivity contribution in [3.63, 3.8) is 0 Å². The second-order valence-corrected chi connectivity index (χ2v) is 8.83. The zero-order valence-corrected chi connectivity index (χ0v) is 20.7. The van der Waals surface area contributed by atoms with E-state index in [1.807, 2.05) is 73.3 Å². The summed E-state index contributed by atoms with van der Waals surface area (Å²) in [6.07, 6.45) is 8.43. The van der Waals surface area contributed by atoms with E-state index < -0.39 is 6.04 Å². The molecule has 3 N–H and O–H groups in total. The van der Waals surface area contributed by atoms with Crippen LogP contribution in [0, 0.1) is 11.8 Å². The van der Waals surface area contributed by atoms with E-state index in [4.69, 9.17) is 10.7 Å². The monoisotopic (exact) mass is 501 g/mol. The van der Waals surface area contributed by atoms with Crippen LogP contribution in [0.2, 0.25) is 0 Å². The zero-order valence-electron chi connectivity index (χ0n) is 20.7. The molecule has 0 aliphatic carbocycles.